The fraction of sp³-hybridized carbons (Fsp3) is 0.250. The summed E-state index contributed by atoms with van der Waals surface area (Å²) in [5.74, 6) is 1.68. The number of rotatable bonds is 4. The largest absolute Gasteiger partial charge is 0.454 e. The number of hydrogen-bond donors (Lipinski definition) is 0. The first kappa shape index (κ1) is 17.5. The van der Waals surface area contributed by atoms with E-state index in [4.69, 9.17) is 14.5 Å². The Morgan fingerprint density at radius 3 is 2.93 bits per heavy atom. The van der Waals surface area contributed by atoms with Gasteiger partial charge < -0.3 is 13.9 Å². The molecule has 2 aliphatic heterocycles. The molecule has 1 atom stereocenters. The Hall–Kier alpha value is -3.38. The van der Waals surface area contributed by atoms with Gasteiger partial charge in [-0.25, -0.2) is 4.98 Å². The molecule has 1 aromatic carbocycles. The first-order valence-electron chi connectivity index (χ1n) is 10.3. The van der Waals surface area contributed by atoms with Crippen LogP contribution in [0, 0.1) is 0 Å². The predicted molar refractivity (Wildman–Crippen MR) is 113 cm³/mol. The second kappa shape index (κ2) is 7.15. The molecular weight excluding hydrogens is 376 g/mol. The van der Waals surface area contributed by atoms with Crippen molar-refractivity contribution in [1.82, 2.24) is 19.3 Å². The third kappa shape index (κ3) is 3.00. The number of likely N-dealkylation sites (tertiary alicyclic amines) is 1. The van der Waals surface area contributed by atoms with Gasteiger partial charge in [-0.3, -0.25) is 9.88 Å². The minimum absolute atomic E-state index is 0.312. The number of nitrogens with zero attached hydrogens (tertiary/aromatic N) is 4. The molecule has 0 amide bonds. The Morgan fingerprint density at radius 1 is 1.03 bits per heavy atom. The van der Waals surface area contributed by atoms with E-state index in [0.29, 0.717) is 12.8 Å². The standard InChI is InChI=1S/C24H22N4O2/c1-3-18(12-25-9-1)19-6-7-21-24(26-15-28(21)14-19)20-4-2-10-27(20)13-17-5-8-22-23(11-17)30-16-29-22/h1,3,5-9,11-12,14-15,20H,2,4,10,13,16H2. The fourth-order valence-corrected chi connectivity index (χ4v) is 4.58. The number of imidazole rings is 1. The van der Waals surface area contributed by atoms with Crippen molar-refractivity contribution >= 4 is 5.52 Å². The molecule has 0 radical (unpaired) electrons. The van der Waals surface area contributed by atoms with Gasteiger partial charge in [0.15, 0.2) is 11.5 Å². The van der Waals surface area contributed by atoms with E-state index < -0.39 is 0 Å². The zero-order valence-electron chi connectivity index (χ0n) is 16.6. The van der Waals surface area contributed by atoms with E-state index in [9.17, 15) is 0 Å². The number of aromatic nitrogens is 3. The van der Waals surface area contributed by atoms with Crippen LogP contribution in [-0.2, 0) is 6.54 Å². The van der Waals surface area contributed by atoms with Crippen LogP contribution in [0.15, 0.2) is 67.4 Å². The zero-order valence-corrected chi connectivity index (χ0v) is 16.6. The minimum atomic E-state index is 0.312. The number of fused-ring (bicyclic) bond motifs is 2. The second-order valence-electron chi connectivity index (χ2n) is 7.90. The van der Waals surface area contributed by atoms with Crippen molar-refractivity contribution in [2.45, 2.75) is 25.4 Å². The first-order valence-corrected chi connectivity index (χ1v) is 10.3. The summed E-state index contributed by atoms with van der Waals surface area (Å²) in [7, 11) is 0. The summed E-state index contributed by atoms with van der Waals surface area (Å²) in [5, 5.41) is 0. The molecule has 6 heteroatoms. The van der Waals surface area contributed by atoms with Crippen LogP contribution in [0.5, 0.6) is 11.5 Å². The van der Waals surface area contributed by atoms with Gasteiger partial charge in [-0.2, -0.15) is 0 Å². The van der Waals surface area contributed by atoms with E-state index >= 15 is 0 Å². The maximum Gasteiger partial charge on any atom is 0.231 e. The van der Waals surface area contributed by atoms with E-state index in [1.165, 1.54) is 17.5 Å². The lowest BCUT2D eigenvalue weighted by Crippen LogP contribution is -2.23. The third-order valence-electron chi connectivity index (χ3n) is 6.06. The number of pyridine rings is 2. The van der Waals surface area contributed by atoms with Gasteiger partial charge in [0, 0.05) is 30.7 Å². The number of hydrogen-bond acceptors (Lipinski definition) is 5. The normalized spacial score (nSPS) is 18.3. The monoisotopic (exact) mass is 398 g/mol. The highest BCUT2D eigenvalue weighted by atomic mass is 16.7. The molecule has 5 heterocycles. The van der Waals surface area contributed by atoms with Gasteiger partial charge in [-0.1, -0.05) is 18.2 Å². The lowest BCUT2D eigenvalue weighted by molar-refractivity contribution is 0.174. The SMILES string of the molecule is c1cncc(-c2ccc3c(C4CCCN4Cc4ccc5c(c4)OCO5)ncn3c2)c1. The summed E-state index contributed by atoms with van der Waals surface area (Å²) in [5.41, 5.74) is 5.83. The molecule has 2 aliphatic rings. The zero-order chi connectivity index (χ0) is 19.9. The summed E-state index contributed by atoms with van der Waals surface area (Å²) in [6.45, 7) is 2.27. The fourth-order valence-electron chi connectivity index (χ4n) is 4.58. The van der Waals surface area contributed by atoms with Crippen LogP contribution >= 0.6 is 0 Å². The molecule has 1 fully saturated rings. The molecule has 1 saturated heterocycles. The predicted octanol–water partition coefficient (Wildman–Crippen LogP) is 4.46. The van der Waals surface area contributed by atoms with Crippen LogP contribution in [0.4, 0.5) is 0 Å². The van der Waals surface area contributed by atoms with Gasteiger partial charge in [-0.15, -0.1) is 0 Å². The van der Waals surface area contributed by atoms with E-state index in [2.05, 4.69) is 50.8 Å². The van der Waals surface area contributed by atoms with Crippen molar-refractivity contribution < 1.29 is 9.47 Å². The average molecular weight is 398 g/mol. The molecule has 4 aromatic rings. The summed E-state index contributed by atoms with van der Waals surface area (Å²) in [4.78, 5) is 11.6. The third-order valence-corrected chi connectivity index (χ3v) is 6.06. The van der Waals surface area contributed by atoms with Crippen LogP contribution in [0.1, 0.15) is 30.1 Å². The highest BCUT2D eigenvalue weighted by Crippen LogP contribution is 2.37. The van der Waals surface area contributed by atoms with E-state index in [-0.39, 0.29) is 0 Å². The van der Waals surface area contributed by atoms with Crippen molar-refractivity contribution in [1.29, 1.82) is 0 Å². The molecule has 0 bridgehead atoms. The van der Waals surface area contributed by atoms with E-state index in [1.54, 1.807) is 6.20 Å². The molecule has 0 N–H and O–H groups in total. The van der Waals surface area contributed by atoms with Gasteiger partial charge in [0.25, 0.3) is 0 Å². The summed E-state index contributed by atoms with van der Waals surface area (Å²) in [6, 6.07) is 15.0. The van der Waals surface area contributed by atoms with Crippen LogP contribution < -0.4 is 9.47 Å². The smallest absolute Gasteiger partial charge is 0.231 e. The lowest BCUT2D eigenvalue weighted by Gasteiger charge is -2.23. The van der Waals surface area contributed by atoms with Gasteiger partial charge in [0.1, 0.15) is 0 Å². The van der Waals surface area contributed by atoms with Gasteiger partial charge in [-0.05, 0) is 54.8 Å². The topological polar surface area (TPSA) is 51.9 Å². The second-order valence-corrected chi connectivity index (χ2v) is 7.90. The Bertz CT molecular complexity index is 1200. The number of ether oxygens (including phenoxy) is 2. The minimum Gasteiger partial charge on any atom is -0.454 e. The summed E-state index contributed by atoms with van der Waals surface area (Å²) in [6.07, 6.45) is 10.1. The van der Waals surface area contributed by atoms with Crippen LogP contribution in [0.25, 0.3) is 16.6 Å². The maximum atomic E-state index is 5.55. The summed E-state index contributed by atoms with van der Waals surface area (Å²) < 4.78 is 13.1. The van der Waals surface area contributed by atoms with E-state index in [0.717, 1.165) is 47.8 Å². The Kier molecular flexibility index (Phi) is 4.16. The first-order chi connectivity index (χ1) is 14.8. The average Bonchev–Trinajstić information content (AvgIpc) is 3.53. The van der Waals surface area contributed by atoms with Gasteiger partial charge in [0.2, 0.25) is 6.79 Å². The maximum absolute atomic E-state index is 5.55. The molecule has 6 rings (SSSR count). The quantitative estimate of drug-likeness (QED) is 0.508. The molecule has 6 nitrogen and oxygen atoms in total. The molecule has 30 heavy (non-hydrogen) atoms. The van der Waals surface area contributed by atoms with Gasteiger partial charge in [0.05, 0.1) is 23.6 Å². The molecule has 150 valence electrons. The van der Waals surface area contributed by atoms with Crippen molar-refractivity contribution in [3.05, 3.63) is 78.6 Å². The molecule has 0 aliphatic carbocycles. The van der Waals surface area contributed by atoms with Gasteiger partial charge >= 0.3 is 0 Å². The highest BCUT2D eigenvalue weighted by molar-refractivity contribution is 5.66. The van der Waals surface area contributed by atoms with E-state index in [1.807, 2.05) is 24.7 Å². The van der Waals surface area contributed by atoms with Crippen molar-refractivity contribution in [3.8, 4) is 22.6 Å². The Morgan fingerprint density at radius 2 is 2.00 bits per heavy atom. The van der Waals surface area contributed by atoms with Crippen LogP contribution in [-0.4, -0.2) is 32.6 Å². The van der Waals surface area contributed by atoms with Crippen LogP contribution in [0.3, 0.4) is 0 Å². The van der Waals surface area contributed by atoms with Crippen molar-refractivity contribution in [2.75, 3.05) is 13.3 Å². The Balaban J connectivity index is 1.28. The summed E-state index contributed by atoms with van der Waals surface area (Å²) >= 11 is 0. The molecule has 3 aromatic heterocycles. The van der Waals surface area contributed by atoms with Crippen molar-refractivity contribution in [3.63, 3.8) is 0 Å². The lowest BCUT2D eigenvalue weighted by atomic mass is 10.1. The molecule has 1 unspecified atom stereocenters. The van der Waals surface area contributed by atoms with Crippen molar-refractivity contribution in [2.24, 2.45) is 0 Å². The van der Waals surface area contributed by atoms with Crippen LogP contribution in [0.2, 0.25) is 0 Å². The highest BCUT2D eigenvalue weighted by Gasteiger charge is 2.29. The molecular formula is C24H22N4O2. The Labute approximate surface area is 174 Å². The molecule has 0 spiro atoms. The number of benzene rings is 1. The molecule has 0 saturated carbocycles.